The van der Waals surface area contributed by atoms with Crippen LogP contribution in [0.2, 0.25) is 0 Å². The van der Waals surface area contributed by atoms with Gasteiger partial charge in [0.25, 0.3) is 0 Å². The highest BCUT2D eigenvalue weighted by Crippen LogP contribution is 2.32. The van der Waals surface area contributed by atoms with Crippen LogP contribution in [0.4, 0.5) is 5.13 Å². The summed E-state index contributed by atoms with van der Waals surface area (Å²) in [5.74, 6) is 0.111. The van der Waals surface area contributed by atoms with E-state index >= 15 is 0 Å². The minimum Gasteiger partial charge on any atom is -0.309 e. The zero-order valence-electron chi connectivity index (χ0n) is 19.2. The average Bonchev–Trinajstić information content (AvgIpc) is 3.15. The second-order valence-corrected chi connectivity index (χ2v) is 11.0. The van der Waals surface area contributed by atoms with Crippen LogP contribution in [0.1, 0.15) is 38.3 Å². The second kappa shape index (κ2) is 11.1. The van der Waals surface area contributed by atoms with Crippen LogP contribution in [-0.2, 0) is 17.6 Å². The minimum absolute atomic E-state index is 0.111. The van der Waals surface area contributed by atoms with Gasteiger partial charge in [0.15, 0.2) is 5.13 Å². The number of para-hydroxylation sites is 1. The summed E-state index contributed by atoms with van der Waals surface area (Å²) < 4.78 is 1.15. The lowest BCUT2D eigenvalue weighted by molar-refractivity contribution is -0.118. The molecule has 0 fully saturated rings. The Morgan fingerprint density at radius 3 is 2.48 bits per heavy atom. The van der Waals surface area contributed by atoms with Crippen molar-refractivity contribution in [3.63, 3.8) is 0 Å². The molecule has 166 valence electrons. The molecule has 31 heavy (non-hydrogen) atoms. The number of anilines is 1. The third kappa shape index (κ3) is 6.55. The van der Waals surface area contributed by atoms with Gasteiger partial charge in [-0.2, -0.15) is 0 Å². The molecule has 6 heteroatoms. The highest BCUT2D eigenvalue weighted by Gasteiger charge is 2.20. The number of rotatable bonds is 10. The maximum absolute atomic E-state index is 13.4. The number of aryl methyl sites for hydroxylation is 1. The normalized spacial score (nSPS) is 11.6. The van der Waals surface area contributed by atoms with Crippen molar-refractivity contribution >= 4 is 44.4 Å². The van der Waals surface area contributed by atoms with Crippen LogP contribution in [0.15, 0.2) is 47.4 Å². The first-order valence-corrected chi connectivity index (χ1v) is 12.7. The van der Waals surface area contributed by atoms with E-state index in [4.69, 9.17) is 4.98 Å². The predicted octanol–water partition coefficient (Wildman–Crippen LogP) is 5.89. The molecule has 0 aliphatic heterocycles. The Bertz CT molecular complexity index is 996. The standard InChI is InChI=1S/C25H33N3OS2/c1-6-20-9-7-10-22-24(20)26-25(31-22)28(16-8-15-27(4)5)23(29)17-19-11-13-21(14-12-19)30-18(2)3/h7,9-14,18H,6,8,15-17H2,1-5H3. The van der Waals surface area contributed by atoms with Crippen LogP contribution in [-0.4, -0.2) is 48.2 Å². The molecule has 0 N–H and O–H groups in total. The molecule has 1 heterocycles. The smallest absolute Gasteiger partial charge is 0.233 e. The topological polar surface area (TPSA) is 36.4 Å². The van der Waals surface area contributed by atoms with E-state index in [9.17, 15) is 4.79 Å². The molecule has 3 rings (SSSR count). The highest BCUT2D eigenvalue weighted by molar-refractivity contribution is 7.99. The van der Waals surface area contributed by atoms with Crippen LogP contribution in [0.25, 0.3) is 10.2 Å². The number of thiazole rings is 1. The molecule has 0 bridgehead atoms. The lowest BCUT2D eigenvalue weighted by Crippen LogP contribution is -2.34. The van der Waals surface area contributed by atoms with Crippen molar-refractivity contribution in [3.05, 3.63) is 53.6 Å². The summed E-state index contributed by atoms with van der Waals surface area (Å²) in [6.45, 7) is 8.15. The number of hydrogen-bond donors (Lipinski definition) is 0. The fraction of sp³-hybridized carbons (Fsp3) is 0.440. The molecule has 0 aliphatic rings. The number of hydrogen-bond acceptors (Lipinski definition) is 5. The largest absolute Gasteiger partial charge is 0.309 e. The Kier molecular flexibility index (Phi) is 8.52. The van der Waals surface area contributed by atoms with Gasteiger partial charge in [-0.25, -0.2) is 4.98 Å². The van der Waals surface area contributed by atoms with Crippen molar-refractivity contribution in [2.75, 3.05) is 32.1 Å². The van der Waals surface area contributed by atoms with Gasteiger partial charge < -0.3 is 4.90 Å². The molecular formula is C25H33N3OS2. The summed E-state index contributed by atoms with van der Waals surface area (Å²) in [4.78, 5) is 23.5. The zero-order valence-corrected chi connectivity index (χ0v) is 20.9. The summed E-state index contributed by atoms with van der Waals surface area (Å²) >= 11 is 3.46. The first-order valence-electron chi connectivity index (χ1n) is 11.0. The van der Waals surface area contributed by atoms with Gasteiger partial charge in [-0.3, -0.25) is 9.69 Å². The van der Waals surface area contributed by atoms with E-state index in [0.717, 1.165) is 40.3 Å². The molecule has 4 nitrogen and oxygen atoms in total. The fourth-order valence-corrected chi connectivity index (χ4v) is 5.39. The van der Waals surface area contributed by atoms with Crippen LogP contribution in [0.5, 0.6) is 0 Å². The highest BCUT2D eigenvalue weighted by atomic mass is 32.2. The van der Waals surface area contributed by atoms with E-state index < -0.39 is 0 Å². The Morgan fingerprint density at radius 2 is 1.84 bits per heavy atom. The molecule has 0 saturated carbocycles. The number of amides is 1. The number of thioether (sulfide) groups is 1. The minimum atomic E-state index is 0.111. The summed E-state index contributed by atoms with van der Waals surface area (Å²) in [5.41, 5.74) is 3.32. The Morgan fingerprint density at radius 1 is 1.10 bits per heavy atom. The summed E-state index contributed by atoms with van der Waals surface area (Å²) in [6, 6.07) is 14.7. The van der Waals surface area contributed by atoms with Crippen molar-refractivity contribution in [2.24, 2.45) is 0 Å². The summed E-state index contributed by atoms with van der Waals surface area (Å²) in [5, 5.41) is 1.36. The van der Waals surface area contributed by atoms with E-state index in [1.165, 1.54) is 10.5 Å². The molecule has 1 amide bonds. The zero-order chi connectivity index (χ0) is 22.4. The molecule has 3 aromatic rings. The number of benzene rings is 2. The molecule has 0 radical (unpaired) electrons. The number of nitrogens with zero attached hydrogens (tertiary/aromatic N) is 3. The van der Waals surface area contributed by atoms with Crippen molar-refractivity contribution < 1.29 is 4.79 Å². The van der Waals surface area contributed by atoms with Crippen molar-refractivity contribution in [3.8, 4) is 0 Å². The molecule has 0 saturated heterocycles. The lowest BCUT2D eigenvalue weighted by Gasteiger charge is -2.21. The van der Waals surface area contributed by atoms with E-state index in [0.29, 0.717) is 18.2 Å². The Labute approximate surface area is 194 Å². The first kappa shape index (κ1) is 23.8. The quantitative estimate of drug-likeness (QED) is 0.357. The second-order valence-electron chi connectivity index (χ2n) is 8.30. The maximum Gasteiger partial charge on any atom is 0.233 e. The molecule has 0 spiro atoms. The maximum atomic E-state index is 13.4. The third-order valence-corrected chi connectivity index (χ3v) is 7.10. The summed E-state index contributed by atoms with van der Waals surface area (Å²) in [6.07, 6.45) is 2.25. The molecular weight excluding hydrogens is 422 g/mol. The molecule has 2 aromatic carbocycles. The van der Waals surface area contributed by atoms with Crippen molar-refractivity contribution in [1.82, 2.24) is 9.88 Å². The first-order chi connectivity index (χ1) is 14.9. The molecule has 0 unspecified atom stereocenters. The van der Waals surface area contributed by atoms with Gasteiger partial charge in [0, 0.05) is 16.7 Å². The number of carbonyl (C=O) groups excluding carboxylic acids is 1. The SMILES string of the molecule is CCc1cccc2sc(N(CCCN(C)C)C(=O)Cc3ccc(SC(C)C)cc3)nc12. The molecule has 0 atom stereocenters. The van der Waals surface area contributed by atoms with Crippen LogP contribution < -0.4 is 4.90 Å². The van der Waals surface area contributed by atoms with E-state index in [1.54, 1.807) is 11.3 Å². The van der Waals surface area contributed by atoms with Crippen LogP contribution in [0, 0.1) is 0 Å². The third-order valence-electron chi connectivity index (χ3n) is 5.04. The van der Waals surface area contributed by atoms with Gasteiger partial charge in [0.05, 0.1) is 16.6 Å². The monoisotopic (exact) mass is 455 g/mol. The summed E-state index contributed by atoms with van der Waals surface area (Å²) in [7, 11) is 4.13. The van der Waals surface area contributed by atoms with Gasteiger partial charge in [-0.05, 0) is 62.8 Å². The van der Waals surface area contributed by atoms with Gasteiger partial charge in [0.1, 0.15) is 0 Å². The van der Waals surface area contributed by atoms with Gasteiger partial charge >= 0.3 is 0 Å². The predicted molar refractivity (Wildman–Crippen MR) is 136 cm³/mol. The molecule has 1 aromatic heterocycles. The van der Waals surface area contributed by atoms with Gasteiger partial charge in [-0.15, -0.1) is 11.8 Å². The number of fused-ring (bicyclic) bond motifs is 1. The number of carbonyl (C=O) groups is 1. The van der Waals surface area contributed by atoms with Crippen molar-refractivity contribution in [2.45, 2.75) is 50.2 Å². The average molecular weight is 456 g/mol. The van der Waals surface area contributed by atoms with Gasteiger partial charge in [0.2, 0.25) is 5.91 Å². The van der Waals surface area contributed by atoms with Crippen molar-refractivity contribution in [1.29, 1.82) is 0 Å². The van der Waals surface area contributed by atoms with E-state index in [2.05, 4.69) is 82.2 Å². The van der Waals surface area contributed by atoms with Crippen LogP contribution in [0.3, 0.4) is 0 Å². The lowest BCUT2D eigenvalue weighted by atomic mass is 10.1. The number of aromatic nitrogens is 1. The van der Waals surface area contributed by atoms with E-state index in [-0.39, 0.29) is 5.91 Å². The Hall–Kier alpha value is -1.89. The van der Waals surface area contributed by atoms with Crippen LogP contribution >= 0.6 is 23.1 Å². The molecule has 0 aliphatic carbocycles. The Balaban J connectivity index is 1.82. The van der Waals surface area contributed by atoms with Gasteiger partial charge in [-0.1, -0.05) is 56.4 Å². The fourth-order valence-electron chi connectivity index (χ4n) is 3.49. The van der Waals surface area contributed by atoms with E-state index in [1.807, 2.05) is 16.7 Å².